The highest BCUT2D eigenvalue weighted by Gasteiger charge is 2.22. The van der Waals surface area contributed by atoms with E-state index in [4.69, 9.17) is 5.73 Å². The van der Waals surface area contributed by atoms with Gasteiger partial charge in [0.2, 0.25) is 0 Å². The summed E-state index contributed by atoms with van der Waals surface area (Å²) in [6.45, 7) is 5.91. The maximum Gasteiger partial charge on any atom is 0.269 e. The van der Waals surface area contributed by atoms with E-state index < -0.39 is 5.91 Å². The van der Waals surface area contributed by atoms with Crippen molar-refractivity contribution in [2.45, 2.75) is 26.3 Å². The number of amides is 1. The Bertz CT molecular complexity index is 609. The van der Waals surface area contributed by atoms with E-state index in [2.05, 4.69) is 5.10 Å². The monoisotopic (exact) mass is 261 g/mol. The van der Waals surface area contributed by atoms with E-state index in [1.807, 2.05) is 20.8 Å². The average molecular weight is 261 g/mol. The standard InChI is InChI=1S/C14H16FN3O/c1-14(2,3)18-12(8-11(17-18)13(16)19)9-4-6-10(15)7-5-9/h4-8H,1-3H3,(H2,16,19). The maximum atomic E-state index is 13.0. The van der Waals surface area contributed by atoms with Crippen LogP contribution in [0.3, 0.4) is 0 Å². The van der Waals surface area contributed by atoms with Gasteiger partial charge < -0.3 is 5.73 Å². The maximum absolute atomic E-state index is 13.0. The lowest BCUT2D eigenvalue weighted by Gasteiger charge is -2.22. The van der Waals surface area contributed by atoms with Crippen molar-refractivity contribution < 1.29 is 9.18 Å². The van der Waals surface area contributed by atoms with Crippen molar-refractivity contribution >= 4 is 5.91 Å². The topological polar surface area (TPSA) is 60.9 Å². The third-order valence-corrected chi connectivity index (χ3v) is 2.74. The Hall–Kier alpha value is -2.17. The number of nitrogens with zero attached hydrogens (tertiary/aromatic N) is 2. The summed E-state index contributed by atoms with van der Waals surface area (Å²) < 4.78 is 14.7. The number of carbonyl (C=O) groups excluding carboxylic acids is 1. The van der Waals surface area contributed by atoms with Gasteiger partial charge in [-0.05, 0) is 51.1 Å². The quantitative estimate of drug-likeness (QED) is 0.903. The first-order valence-corrected chi connectivity index (χ1v) is 5.95. The van der Waals surface area contributed by atoms with Gasteiger partial charge in [0.05, 0.1) is 11.2 Å². The summed E-state index contributed by atoms with van der Waals surface area (Å²) in [4.78, 5) is 11.3. The highest BCUT2D eigenvalue weighted by molar-refractivity contribution is 5.92. The molecular weight excluding hydrogens is 245 g/mol. The summed E-state index contributed by atoms with van der Waals surface area (Å²) in [5, 5.41) is 4.23. The van der Waals surface area contributed by atoms with Crippen LogP contribution >= 0.6 is 0 Å². The number of halogens is 1. The van der Waals surface area contributed by atoms with Crippen LogP contribution in [-0.2, 0) is 5.54 Å². The fraction of sp³-hybridized carbons (Fsp3) is 0.286. The van der Waals surface area contributed by atoms with Crippen molar-refractivity contribution in [1.29, 1.82) is 0 Å². The second-order valence-corrected chi connectivity index (χ2v) is 5.37. The van der Waals surface area contributed by atoms with Crippen LogP contribution in [0, 0.1) is 5.82 Å². The normalized spacial score (nSPS) is 11.6. The zero-order valence-electron chi connectivity index (χ0n) is 11.1. The van der Waals surface area contributed by atoms with Gasteiger partial charge in [-0.25, -0.2) is 4.39 Å². The zero-order valence-corrected chi connectivity index (χ0v) is 11.1. The lowest BCUT2D eigenvalue weighted by molar-refractivity contribution is 0.0994. The van der Waals surface area contributed by atoms with Crippen molar-refractivity contribution in [2.75, 3.05) is 0 Å². The van der Waals surface area contributed by atoms with Crippen molar-refractivity contribution in [1.82, 2.24) is 9.78 Å². The van der Waals surface area contributed by atoms with Gasteiger partial charge in [-0.3, -0.25) is 9.48 Å². The molecule has 0 fully saturated rings. The second-order valence-electron chi connectivity index (χ2n) is 5.37. The van der Waals surface area contributed by atoms with E-state index in [0.717, 1.165) is 11.3 Å². The van der Waals surface area contributed by atoms with Gasteiger partial charge in [0, 0.05) is 5.56 Å². The van der Waals surface area contributed by atoms with Crippen molar-refractivity contribution in [3.63, 3.8) is 0 Å². The highest BCUT2D eigenvalue weighted by atomic mass is 19.1. The molecule has 0 aliphatic heterocycles. The Balaban J connectivity index is 2.61. The number of nitrogens with two attached hydrogens (primary N) is 1. The van der Waals surface area contributed by atoms with Crippen LogP contribution in [0.2, 0.25) is 0 Å². The van der Waals surface area contributed by atoms with Crippen LogP contribution in [0.4, 0.5) is 4.39 Å². The van der Waals surface area contributed by atoms with Crippen LogP contribution in [0.5, 0.6) is 0 Å². The minimum Gasteiger partial charge on any atom is -0.364 e. The molecule has 2 N–H and O–H groups in total. The molecule has 0 bridgehead atoms. The summed E-state index contributed by atoms with van der Waals surface area (Å²) in [5.74, 6) is -0.882. The third-order valence-electron chi connectivity index (χ3n) is 2.74. The molecule has 0 aliphatic rings. The fourth-order valence-electron chi connectivity index (χ4n) is 1.84. The molecule has 5 heteroatoms. The van der Waals surface area contributed by atoms with E-state index in [1.54, 1.807) is 22.9 Å². The number of rotatable bonds is 2. The minimum absolute atomic E-state index is 0.203. The van der Waals surface area contributed by atoms with Gasteiger partial charge in [-0.2, -0.15) is 5.10 Å². The van der Waals surface area contributed by atoms with Gasteiger partial charge in [0.25, 0.3) is 5.91 Å². The van der Waals surface area contributed by atoms with Gasteiger partial charge in [0.1, 0.15) is 5.82 Å². The molecule has 0 saturated heterocycles. The molecule has 2 rings (SSSR count). The summed E-state index contributed by atoms with van der Waals surface area (Å²) in [6, 6.07) is 7.68. The number of hydrogen-bond donors (Lipinski definition) is 1. The summed E-state index contributed by atoms with van der Waals surface area (Å²) in [6.07, 6.45) is 0. The first-order valence-electron chi connectivity index (χ1n) is 5.95. The van der Waals surface area contributed by atoms with Crippen LogP contribution in [0.25, 0.3) is 11.3 Å². The second kappa shape index (κ2) is 4.50. The van der Waals surface area contributed by atoms with E-state index in [-0.39, 0.29) is 17.1 Å². The third kappa shape index (κ3) is 2.65. The van der Waals surface area contributed by atoms with E-state index >= 15 is 0 Å². The molecule has 0 radical (unpaired) electrons. The van der Waals surface area contributed by atoms with Gasteiger partial charge in [-0.15, -0.1) is 0 Å². The van der Waals surface area contributed by atoms with Gasteiger partial charge >= 0.3 is 0 Å². The fourth-order valence-corrected chi connectivity index (χ4v) is 1.84. The lowest BCUT2D eigenvalue weighted by Crippen LogP contribution is -2.25. The van der Waals surface area contributed by atoms with E-state index in [9.17, 15) is 9.18 Å². The number of primary amides is 1. The van der Waals surface area contributed by atoms with Crippen molar-refractivity contribution in [3.8, 4) is 11.3 Å². The van der Waals surface area contributed by atoms with Crippen LogP contribution in [0.15, 0.2) is 30.3 Å². The van der Waals surface area contributed by atoms with Crippen LogP contribution < -0.4 is 5.73 Å². The smallest absolute Gasteiger partial charge is 0.269 e. The van der Waals surface area contributed by atoms with Gasteiger partial charge in [0.15, 0.2) is 5.69 Å². The van der Waals surface area contributed by atoms with E-state index in [1.165, 1.54) is 12.1 Å². The molecule has 1 aromatic heterocycles. The first kappa shape index (κ1) is 13.3. The summed E-state index contributed by atoms with van der Waals surface area (Å²) >= 11 is 0. The molecule has 19 heavy (non-hydrogen) atoms. The molecule has 0 saturated carbocycles. The predicted octanol–water partition coefficient (Wildman–Crippen LogP) is 2.54. The lowest BCUT2D eigenvalue weighted by atomic mass is 10.1. The molecule has 0 aliphatic carbocycles. The molecule has 100 valence electrons. The average Bonchev–Trinajstić information content (AvgIpc) is 2.74. The van der Waals surface area contributed by atoms with E-state index in [0.29, 0.717) is 0 Å². The van der Waals surface area contributed by atoms with Crippen molar-refractivity contribution in [2.24, 2.45) is 5.73 Å². The van der Waals surface area contributed by atoms with Crippen LogP contribution in [-0.4, -0.2) is 15.7 Å². The highest BCUT2D eigenvalue weighted by Crippen LogP contribution is 2.26. The number of carbonyl (C=O) groups is 1. The van der Waals surface area contributed by atoms with Gasteiger partial charge in [-0.1, -0.05) is 0 Å². The molecule has 0 spiro atoms. The number of benzene rings is 1. The Kier molecular flexibility index (Phi) is 3.14. The molecule has 0 unspecified atom stereocenters. The molecular formula is C14H16FN3O. The Morgan fingerprint density at radius 1 is 1.26 bits per heavy atom. The zero-order chi connectivity index (χ0) is 14.2. The molecule has 1 heterocycles. The Morgan fingerprint density at radius 3 is 2.32 bits per heavy atom. The van der Waals surface area contributed by atoms with Crippen LogP contribution in [0.1, 0.15) is 31.3 Å². The largest absolute Gasteiger partial charge is 0.364 e. The molecule has 2 aromatic rings. The predicted molar refractivity (Wildman–Crippen MR) is 71.1 cm³/mol. The number of aromatic nitrogens is 2. The SMILES string of the molecule is CC(C)(C)n1nc(C(N)=O)cc1-c1ccc(F)cc1. The molecule has 4 nitrogen and oxygen atoms in total. The Morgan fingerprint density at radius 2 is 1.84 bits per heavy atom. The first-order chi connectivity index (χ1) is 8.79. The Labute approximate surface area is 111 Å². The number of hydrogen-bond acceptors (Lipinski definition) is 2. The molecule has 1 aromatic carbocycles. The molecule has 0 atom stereocenters. The summed E-state index contributed by atoms with van der Waals surface area (Å²) in [7, 11) is 0. The molecule has 1 amide bonds. The van der Waals surface area contributed by atoms with Crippen molar-refractivity contribution in [3.05, 3.63) is 41.8 Å². The minimum atomic E-state index is -0.577. The summed E-state index contributed by atoms with van der Waals surface area (Å²) in [5.41, 5.74) is 6.69.